The molecule has 4 heteroatoms. The maximum atomic E-state index is 12.3. The van der Waals surface area contributed by atoms with Crippen molar-refractivity contribution in [2.45, 2.75) is 39.7 Å². The fraction of sp³-hybridized carbons (Fsp3) is 0.400. The van der Waals surface area contributed by atoms with Gasteiger partial charge in [-0.05, 0) is 25.3 Å². The average Bonchev–Trinajstić information content (AvgIpc) is 2.75. The first-order valence-corrected chi connectivity index (χ1v) is 7.48. The first-order chi connectivity index (χ1) is 9.08. The van der Waals surface area contributed by atoms with Crippen molar-refractivity contribution in [1.29, 1.82) is 0 Å². The van der Waals surface area contributed by atoms with Crippen LogP contribution in [-0.4, -0.2) is 11.9 Å². The van der Waals surface area contributed by atoms with Gasteiger partial charge in [0.2, 0.25) is 0 Å². The molecular weight excluding hydrogens is 256 g/mol. The van der Waals surface area contributed by atoms with Crippen LogP contribution in [0.1, 0.15) is 41.9 Å². The zero-order valence-corrected chi connectivity index (χ0v) is 12.4. The molecule has 0 atom stereocenters. The number of carbonyl (C=O) groups is 1. The summed E-state index contributed by atoms with van der Waals surface area (Å²) in [6.45, 7) is 6.20. The summed E-state index contributed by atoms with van der Waals surface area (Å²) in [4.78, 5) is 12.9. The molecule has 0 aliphatic heterocycles. The third kappa shape index (κ3) is 2.59. The Morgan fingerprint density at radius 1 is 1.37 bits per heavy atom. The third-order valence-electron chi connectivity index (χ3n) is 3.48. The summed E-state index contributed by atoms with van der Waals surface area (Å²) < 4.78 is 1.11. The minimum atomic E-state index is -0.0493. The molecule has 0 aliphatic carbocycles. The number of amides is 1. The van der Waals surface area contributed by atoms with Crippen LogP contribution in [0.4, 0.5) is 5.69 Å². The van der Waals surface area contributed by atoms with Crippen molar-refractivity contribution < 1.29 is 4.79 Å². The highest BCUT2D eigenvalue weighted by atomic mass is 32.1. The number of nitrogens with one attached hydrogen (secondary N) is 1. The lowest BCUT2D eigenvalue weighted by molar-refractivity contribution is 0.0940. The highest BCUT2D eigenvalue weighted by Crippen LogP contribution is 2.35. The van der Waals surface area contributed by atoms with Gasteiger partial charge in [0.1, 0.15) is 4.88 Å². The Hall–Kier alpha value is -1.55. The van der Waals surface area contributed by atoms with Crippen molar-refractivity contribution >= 4 is 33.0 Å². The number of thiophene rings is 1. The van der Waals surface area contributed by atoms with Crippen LogP contribution in [0.25, 0.3) is 10.1 Å². The summed E-state index contributed by atoms with van der Waals surface area (Å²) in [6.07, 6.45) is 1.87. The molecule has 3 N–H and O–H groups in total. The molecule has 1 amide bonds. The second kappa shape index (κ2) is 5.61. The Labute approximate surface area is 117 Å². The van der Waals surface area contributed by atoms with Crippen molar-refractivity contribution in [3.05, 3.63) is 28.6 Å². The normalized spacial score (nSPS) is 11.2. The van der Waals surface area contributed by atoms with Crippen molar-refractivity contribution in [3.63, 3.8) is 0 Å². The number of hydrogen-bond donors (Lipinski definition) is 2. The number of anilines is 1. The topological polar surface area (TPSA) is 55.1 Å². The van der Waals surface area contributed by atoms with E-state index in [2.05, 4.69) is 19.2 Å². The van der Waals surface area contributed by atoms with Crippen LogP contribution in [0.5, 0.6) is 0 Å². The van der Waals surface area contributed by atoms with Crippen LogP contribution in [0.2, 0.25) is 0 Å². The predicted molar refractivity (Wildman–Crippen MR) is 82.8 cm³/mol. The van der Waals surface area contributed by atoms with Gasteiger partial charge in [-0.25, -0.2) is 0 Å². The number of hydrogen-bond acceptors (Lipinski definition) is 3. The van der Waals surface area contributed by atoms with Crippen LogP contribution in [0.3, 0.4) is 0 Å². The monoisotopic (exact) mass is 276 g/mol. The van der Waals surface area contributed by atoms with Gasteiger partial charge < -0.3 is 11.1 Å². The van der Waals surface area contributed by atoms with Gasteiger partial charge in [0, 0.05) is 16.1 Å². The molecule has 1 heterocycles. The second-order valence-corrected chi connectivity index (χ2v) is 5.80. The molecule has 2 rings (SSSR count). The fourth-order valence-electron chi connectivity index (χ4n) is 2.19. The maximum Gasteiger partial charge on any atom is 0.263 e. The molecular formula is C15H20N2OS. The summed E-state index contributed by atoms with van der Waals surface area (Å²) in [5, 5.41) is 4.03. The second-order valence-electron chi connectivity index (χ2n) is 4.78. The predicted octanol–water partition coefficient (Wildman–Crippen LogP) is 3.71. The molecule has 0 fully saturated rings. The van der Waals surface area contributed by atoms with Crippen LogP contribution >= 0.6 is 11.3 Å². The van der Waals surface area contributed by atoms with E-state index in [-0.39, 0.29) is 11.9 Å². The van der Waals surface area contributed by atoms with Gasteiger partial charge in [0.05, 0.1) is 5.69 Å². The quantitative estimate of drug-likeness (QED) is 0.894. The van der Waals surface area contributed by atoms with Gasteiger partial charge in [-0.2, -0.15) is 0 Å². The molecule has 2 aromatic rings. The molecule has 102 valence electrons. The zero-order chi connectivity index (χ0) is 14.0. The number of benzene rings is 1. The van der Waals surface area contributed by atoms with E-state index in [9.17, 15) is 4.79 Å². The summed E-state index contributed by atoms with van der Waals surface area (Å²) in [7, 11) is 0. The van der Waals surface area contributed by atoms with Crippen LogP contribution in [0, 0.1) is 6.92 Å². The largest absolute Gasteiger partial charge is 0.397 e. The van der Waals surface area contributed by atoms with Crippen molar-refractivity contribution in [3.8, 4) is 0 Å². The molecule has 0 radical (unpaired) electrons. The molecule has 1 aromatic heterocycles. The minimum Gasteiger partial charge on any atom is -0.397 e. The lowest BCUT2D eigenvalue weighted by atomic mass is 10.1. The van der Waals surface area contributed by atoms with Crippen LogP contribution < -0.4 is 11.1 Å². The summed E-state index contributed by atoms with van der Waals surface area (Å²) in [5.74, 6) is -0.0493. The van der Waals surface area contributed by atoms with E-state index in [1.54, 1.807) is 0 Å². The Balaban J connectivity index is 2.38. The number of nitrogen functional groups attached to an aromatic ring is 1. The van der Waals surface area contributed by atoms with Crippen molar-refractivity contribution in [2.75, 3.05) is 5.73 Å². The third-order valence-corrected chi connectivity index (χ3v) is 4.83. The molecule has 0 saturated carbocycles. The Bertz CT molecular complexity index is 599. The van der Waals surface area contributed by atoms with E-state index in [4.69, 9.17) is 5.73 Å². The molecule has 0 unspecified atom stereocenters. The Morgan fingerprint density at radius 2 is 2.05 bits per heavy atom. The van der Waals surface area contributed by atoms with Crippen molar-refractivity contribution in [1.82, 2.24) is 5.32 Å². The summed E-state index contributed by atoms with van der Waals surface area (Å²) in [6, 6.07) is 6.21. The highest BCUT2D eigenvalue weighted by Gasteiger charge is 2.18. The van der Waals surface area contributed by atoms with Gasteiger partial charge in [0.25, 0.3) is 5.91 Å². The fourth-order valence-corrected chi connectivity index (χ4v) is 3.28. The lowest BCUT2D eigenvalue weighted by Gasteiger charge is -2.14. The number of fused-ring (bicyclic) bond motifs is 1. The van der Waals surface area contributed by atoms with Crippen LogP contribution in [0.15, 0.2) is 18.2 Å². The number of carbonyl (C=O) groups excluding carboxylic acids is 1. The first-order valence-electron chi connectivity index (χ1n) is 6.66. The minimum absolute atomic E-state index is 0.0493. The molecule has 3 nitrogen and oxygen atoms in total. The average molecular weight is 276 g/mol. The van der Waals surface area contributed by atoms with Crippen LogP contribution in [-0.2, 0) is 0 Å². The van der Waals surface area contributed by atoms with Gasteiger partial charge in [-0.1, -0.05) is 32.0 Å². The first kappa shape index (κ1) is 13.9. The standard InChI is InChI=1S/C15H20N2OS/c1-4-10(5-2)17-15(18)14-12(16)11-8-6-7-9(3)13(11)19-14/h6-8,10H,4-5,16H2,1-3H3,(H,17,18). The van der Waals surface area contributed by atoms with E-state index in [0.717, 1.165) is 28.5 Å². The lowest BCUT2D eigenvalue weighted by Crippen LogP contribution is -2.33. The van der Waals surface area contributed by atoms with E-state index in [1.807, 2.05) is 25.1 Å². The molecule has 1 aromatic carbocycles. The van der Waals surface area contributed by atoms with E-state index < -0.39 is 0 Å². The summed E-state index contributed by atoms with van der Waals surface area (Å²) in [5.41, 5.74) is 7.88. The maximum absolute atomic E-state index is 12.3. The molecule has 0 spiro atoms. The smallest absolute Gasteiger partial charge is 0.263 e. The van der Waals surface area contributed by atoms with Gasteiger partial charge in [-0.15, -0.1) is 11.3 Å². The van der Waals surface area contributed by atoms with E-state index in [0.29, 0.717) is 10.6 Å². The summed E-state index contributed by atoms with van der Waals surface area (Å²) >= 11 is 1.48. The Morgan fingerprint density at radius 3 is 2.63 bits per heavy atom. The Kier molecular flexibility index (Phi) is 4.10. The molecule has 0 aliphatic rings. The SMILES string of the molecule is CCC(CC)NC(=O)c1sc2c(C)cccc2c1N. The molecule has 0 saturated heterocycles. The number of aryl methyl sites for hydroxylation is 1. The number of rotatable bonds is 4. The highest BCUT2D eigenvalue weighted by molar-refractivity contribution is 7.21. The molecule has 19 heavy (non-hydrogen) atoms. The zero-order valence-electron chi connectivity index (χ0n) is 11.6. The van der Waals surface area contributed by atoms with Gasteiger partial charge >= 0.3 is 0 Å². The number of nitrogens with two attached hydrogens (primary N) is 1. The van der Waals surface area contributed by atoms with Gasteiger partial charge in [0.15, 0.2) is 0 Å². The van der Waals surface area contributed by atoms with E-state index >= 15 is 0 Å². The van der Waals surface area contributed by atoms with E-state index in [1.165, 1.54) is 11.3 Å². The molecule has 0 bridgehead atoms. The van der Waals surface area contributed by atoms with Crippen molar-refractivity contribution in [2.24, 2.45) is 0 Å². The van der Waals surface area contributed by atoms with Gasteiger partial charge in [-0.3, -0.25) is 4.79 Å².